The highest BCUT2D eigenvalue weighted by molar-refractivity contribution is 6.32. The first-order valence-electron chi connectivity index (χ1n) is 8.37. The van der Waals surface area contributed by atoms with Crippen LogP contribution < -0.4 is 19.5 Å². The molecule has 2 aliphatic heterocycles. The highest BCUT2D eigenvalue weighted by Gasteiger charge is 2.49. The zero-order valence-electron chi connectivity index (χ0n) is 15.1. The second-order valence-electron chi connectivity index (χ2n) is 6.38. The van der Waals surface area contributed by atoms with E-state index in [1.807, 2.05) is 0 Å². The summed E-state index contributed by atoms with van der Waals surface area (Å²) in [6.07, 6.45) is 1.37. The Bertz CT molecular complexity index is 992. The van der Waals surface area contributed by atoms with Crippen molar-refractivity contribution >= 4 is 29.8 Å². The van der Waals surface area contributed by atoms with Crippen molar-refractivity contribution in [3.05, 3.63) is 52.5 Å². The maximum Gasteiger partial charge on any atom is 0.346 e. The van der Waals surface area contributed by atoms with Crippen LogP contribution in [0.1, 0.15) is 18.1 Å². The van der Waals surface area contributed by atoms with Crippen molar-refractivity contribution in [2.45, 2.75) is 12.5 Å². The number of imide groups is 1. The number of benzene rings is 2. The van der Waals surface area contributed by atoms with E-state index in [4.69, 9.17) is 25.8 Å². The average molecular weight is 402 g/mol. The van der Waals surface area contributed by atoms with E-state index in [0.717, 1.165) is 5.01 Å². The highest BCUT2D eigenvalue weighted by Crippen LogP contribution is 2.39. The molecule has 2 aromatic carbocycles. The van der Waals surface area contributed by atoms with Crippen molar-refractivity contribution in [2.75, 3.05) is 13.9 Å². The predicted molar refractivity (Wildman–Crippen MR) is 101 cm³/mol. The molecule has 1 atom stereocenters. The zero-order chi connectivity index (χ0) is 19.9. The minimum absolute atomic E-state index is 0.0862. The number of rotatable bonds is 4. The molecular formula is C19H16ClN3O5. The molecule has 0 aliphatic carbocycles. The van der Waals surface area contributed by atoms with Crippen LogP contribution in [-0.2, 0) is 10.3 Å². The van der Waals surface area contributed by atoms with E-state index in [9.17, 15) is 9.59 Å². The number of carbonyl (C=O) groups excluding carboxylic acids is 2. The predicted octanol–water partition coefficient (Wildman–Crippen LogP) is 2.88. The molecule has 28 heavy (non-hydrogen) atoms. The van der Waals surface area contributed by atoms with E-state index in [1.165, 1.54) is 6.21 Å². The molecule has 0 bridgehead atoms. The number of hydrogen-bond donors (Lipinski definition) is 1. The third kappa shape index (κ3) is 2.91. The quantitative estimate of drug-likeness (QED) is 0.628. The third-order valence-corrected chi connectivity index (χ3v) is 4.89. The standard InChI is InChI=1S/C19H16ClN3O5/c1-19(12-3-5-13(26-2)6-4-12)17(24)23(18(25)22-19)21-9-11-7-14(20)16-15(8-11)27-10-28-16/h3-9H,10H2,1-2H3,(H,22,25)/b21-9-/t19-/m1/s1. The fraction of sp³-hybridized carbons (Fsp3) is 0.211. The van der Waals surface area contributed by atoms with Crippen molar-refractivity contribution in [1.29, 1.82) is 0 Å². The Hall–Kier alpha value is -3.26. The van der Waals surface area contributed by atoms with Gasteiger partial charge < -0.3 is 19.5 Å². The number of hydrogen-bond acceptors (Lipinski definition) is 6. The Labute approximate surface area is 165 Å². The van der Waals surface area contributed by atoms with E-state index in [2.05, 4.69) is 10.4 Å². The average Bonchev–Trinajstić information content (AvgIpc) is 3.24. The minimum Gasteiger partial charge on any atom is -0.497 e. The van der Waals surface area contributed by atoms with Crippen molar-refractivity contribution in [2.24, 2.45) is 5.10 Å². The van der Waals surface area contributed by atoms with Gasteiger partial charge in [-0.3, -0.25) is 4.79 Å². The van der Waals surface area contributed by atoms with Gasteiger partial charge in [-0.1, -0.05) is 23.7 Å². The Balaban J connectivity index is 1.59. The smallest absolute Gasteiger partial charge is 0.346 e. The summed E-state index contributed by atoms with van der Waals surface area (Å²) in [5, 5.41) is 7.88. The summed E-state index contributed by atoms with van der Waals surface area (Å²) < 4.78 is 15.7. The van der Waals surface area contributed by atoms with Crippen molar-refractivity contribution in [3.8, 4) is 17.2 Å². The Morgan fingerprint density at radius 2 is 2.00 bits per heavy atom. The normalized spacial score (nSPS) is 20.8. The lowest BCUT2D eigenvalue weighted by molar-refractivity contribution is -0.131. The first-order valence-corrected chi connectivity index (χ1v) is 8.74. The van der Waals surface area contributed by atoms with Gasteiger partial charge in [0.25, 0.3) is 5.91 Å². The van der Waals surface area contributed by atoms with Crippen molar-refractivity contribution in [3.63, 3.8) is 0 Å². The van der Waals surface area contributed by atoms with Gasteiger partial charge in [-0.25, -0.2) is 4.79 Å². The SMILES string of the molecule is COc1ccc([C@@]2(C)NC(=O)N(/N=C\c3cc(Cl)c4c(c3)OCO4)C2=O)cc1. The van der Waals surface area contributed by atoms with Gasteiger partial charge in [-0.15, -0.1) is 5.01 Å². The van der Waals surface area contributed by atoms with E-state index < -0.39 is 17.5 Å². The van der Waals surface area contributed by atoms with Gasteiger partial charge in [0.2, 0.25) is 6.79 Å². The second kappa shape index (κ2) is 6.72. The molecule has 0 aromatic heterocycles. The molecule has 2 heterocycles. The summed E-state index contributed by atoms with van der Waals surface area (Å²) in [6.45, 7) is 1.71. The van der Waals surface area contributed by atoms with Gasteiger partial charge in [0.15, 0.2) is 11.5 Å². The molecule has 4 rings (SSSR count). The second-order valence-corrected chi connectivity index (χ2v) is 6.79. The Morgan fingerprint density at radius 3 is 2.71 bits per heavy atom. The molecular weight excluding hydrogens is 386 g/mol. The van der Waals surface area contributed by atoms with Crippen LogP contribution >= 0.6 is 11.6 Å². The summed E-state index contributed by atoms with van der Waals surface area (Å²) in [7, 11) is 1.55. The number of halogens is 1. The fourth-order valence-electron chi connectivity index (χ4n) is 3.04. The van der Waals surface area contributed by atoms with Crippen molar-refractivity contribution in [1.82, 2.24) is 10.3 Å². The summed E-state index contributed by atoms with van der Waals surface area (Å²) in [4.78, 5) is 25.3. The first-order chi connectivity index (χ1) is 13.4. The molecule has 1 fully saturated rings. The Morgan fingerprint density at radius 1 is 1.25 bits per heavy atom. The largest absolute Gasteiger partial charge is 0.497 e. The van der Waals surface area contributed by atoms with Crippen LogP contribution in [0.4, 0.5) is 4.79 Å². The van der Waals surface area contributed by atoms with Crippen LogP contribution in [0.5, 0.6) is 17.2 Å². The van der Waals surface area contributed by atoms with E-state index >= 15 is 0 Å². The summed E-state index contributed by atoms with van der Waals surface area (Å²) >= 11 is 6.14. The molecule has 9 heteroatoms. The van der Waals surface area contributed by atoms with Crippen LogP contribution in [0.3, 0.4) is 0 Å². The number of hydrazone groups is 1. The van der Waals surface area contributed by atoms with Gasteiger partial charge in [-0.2, -0.15) is 5.10 Å². The lowest BCUT2D eigenvalue weighted by Crippen LogP contribution is -2.40. The molecule has 0 radical (unpaired) electrons. The monoisotopic (exact) mass is 401 g/mol. The molecule has 0 unspecified atom stereocenters. The third-order valence-electron chi connectivity index (χ3n) is 4.61. The topological polar surface area (TPSA) is 89.5 Å². The number of carbonyl (C=O) groups is 2. The van der Waals surface area contributed by atoms with Crippen LogP contribution in [0, 0.1) is 0 Å². The molecule has 1 N–H and O–H groups in total. The molecule has 2 aromatic rings. The summed E-state index contributed by atoms with van der Waals surface area (Å²) in [5.41, 5.74) is -0.0453. The zero-order valence-corrected chi connectivity index (χ0v) is 15.8. The summed E-state index contributed by atoms with van der Waals surface area (Å²) in [5.74, 6) is 1.10. The summed E-state index contributed by atoms with van der Waals surface area (Å²) in [6, 6.07) is 9.55. The minimum atomic E-state index is -1.23. The number of amides is 3. The van der Waals surface area contributed by atoms with Crippen LogP contribution in [0.15, 0.2) is 41.5 Å². The van der Waals surface area contributed by atoms with Gasteiger partial charge >= 0.3 is 6.03 Å². The number of urea groups is 1. The van der Waals surface area contributed by atoms with E-state index in [1.54, 1.807) is 50.4 Å². The van der Waals surface area contributed by atoms with Crippen LogP contribution in [0.25, 0.3) is 0 Å². The molecule has 144 valence electrons. The molecule has 0 spiro atoms. The van der Waals surface area contributed by atoms with Crippen molar-refractivity contribution < 1.29 is 23.8 Å². The number of nitrogens with zero attached hydrogens (tertiary/aromatic N) is 2. The maximum atomic E-state index is 12.9. The van der Waals surface area contributed by atoms with E-state index in [-0.39, 0.29) is 6.79 Å². The fourth-order valence-corrected chi connectivity index (χ4v) is 3.31. The molecule has 1 saturated heterocycles. The lowest BCUT2D eigenvalue weighted by atomic mass is 9.92. The van der Waals surface area contributed by atoms with Crippen LogP contribution in [0.2, 0.25) is 5.02 Å². The Kier molecular flexibility index (Phi) is 4.35. The molecule has 0 saturated carbocycles. The van der Waals surface area contributed by atoms with E-state index in [0.29, 0.717) is 33.4 Å². The molecule has 3 amide bonds. The lowest BCUT2D eigenvalue weighted by Gasteiger charge is -2.21. The highest BCUT2D eigenvalue weighted by atomic mass is 35.5. The van der Waals surface area contributed by atoms with Crippen LogP contribution in [-0.4, -0.2) is 37.1 Å². The van der Waals surface area contributed by atoms with Gasteiger partial charge in [0, 0.05) is 0 Å². The van der Waals surface area contributed by atoms with Gasteiger partial charge in [0.1, 0.15) is 11.3 Å². The van der Waals surface area contributed by atoms with Gasteiger partial charge in [-0.05, 0) is 42.3 Å². The molecule has 2 aliphatic rings. The number of methoxy groups -OCH3 is 1. The number of fused-ring (bicyclic) bond motifs is 1. The maximum absolute atomic E-state index is 12.9. The van der Waals surface area contributed by atoms with Gasteiger partial charge in [0.05, 0.1) is 18.3 Å². The first kappa shape index (κ1) is 18.1. The molecule has 8 nitrogen and oxygen atoms in total. The number of ether oxygens (including phenoxy) is 3. The number of nitrogens with one attached hydrogen (secondary N) is 1.